The molecular weight excluding hydrogens is 320 g/mol. The van der Waals surface area contributed by atoms with Crippen LogP contribution in [0.15, 0.2) is 60.7 Å². The van der Waals surface area contributed by atoms with Gasteiger partial charge in [-0.15, -0.1) is 5.10 Å². The van der Waals surface area contributed by atoms with Gasteiger partial charge in [0.25, 0.3) is 5.91 Å². The fourth-order valence-corrected chi connectivity index (χ4v) is 2.34. The number of primary amides is 1. The van der Waals surface area contributed by atoms with E-state index in [4.69, 9.17) is 11.5 Å². The number of carbonyl (C=O) groups is 2. The molecule has 3 aromatic rings. The van der Waals surface area contributed by atoms with Gasteiger partial charge in [0.1, 0.15) is 5.69 Å². The topological polar surface area (TPSA) is 129 Å². The van der Waals surface area contributed by atoms with Gasteiger partial charge in [-0.3, -0.25) is 9.59 Å². The van der Waals surface area contributed by atoms with Crippen molar-refractivity contribution >= 4 is 17.6 Å². The SMILES string of the molecule is NC(=O)C(NC(=O)c1ccccc1)c1nnn(-c2ccccc2)c1N. The fourth-order valence-electron chi connectivity index (χ4n) is 2.34. The van der Waals surface area contributed by atoms with E-state index in [1.165, 1.54) is 4.68 Å². The summed E-state index contributed by atoms with van der Waals surface area (Å²) >= 11 is 0. The zero-order chi connectivity index (χ0) is 17.8. The van der Waals surface area contributed by atoms with Crippen LogP contribution in [-0.4, -0.2) is 26.8 Å². The average molecular weight is 336 g/mol. The van der Waals surface area contributed by atoms with Crippen molar-refractivity contribution in [2.45, 2.75) is 6.04 Å². The molecule has 0 radical (unpaired) electrons. The smallest absolute Gasteiger partial charge is 0.252 e. The molecule has 0 spiro atoms. The van der Waals surface area contributed by atoms with Crippen LogP contribution in [0, 0.1) is 0 Å². The Morgan fingerprint density at radius 3 is 2.20 bits per heavy atom. The van der Waals surface area contributed by atoms with Crippen LogP contribution in [0.2, 0.25) is 0 Å². The van der Waals surface area contributed by atoms with Gasteiger partial charge in [-0.05, 0) is 24.3 Å². The maximum Gasteiger partial charge on any atom is 0.252 e. The summed E-state index contributed by atoms with van der Waals surface area (Å²) < 4.78 is 1.37. The molecule has 2 amide bonds. The van der Waals surface area contributed by atoms with Crippen LogP contribution in [0.25, 0.3) is 5.69 Å². The zero-order valence-corrected chi connectivity index (χ0v) is 13.2. The average Bonchev–Trinajstić information content (AvgIpc) is 3.02. The number of nitrogens with one attached hydrogen (secondary N) is 1. The molecule has 1 heterocycles. The number of hydrogen-bond acceptors (Lipinski definition) is 5. The number of nitrogens with two attached hydrogens (primary N) is 2. The van der Waals surface area contributed by atoms with Gasteiger partial charge in [0.05, 0.1) is 5.69 Å². The monoisotopic (exact) mass is 336 g/mol. The second-order valence-electron chi connectivity index (χ2n) is 5.28. The van der Waals surface area contributed by atoms with Crippen molar-refractivity contribution in [3.05, 3.63) is 71.9 Å². The summed E-state index contributed by atoms with van der Waals surface area (Å²) in [5.74, 6) is -1.11. The molecule has 0 aliphatic heterocycles. The minimum Gasteiger partial charge on any atom is -0.382 e. The van der Waals surface area contributed by atoms with Gasteiger partial charge in [-0.2, -0.15) is 4.68 Å². The first-order valence-corrected chi connectivity index (χ1v) is 7.49. The van der Waals surface area contributed by atoms with Crippen molar-refractivity contribution in [2.24, 2.45) is 5.73 Å². The number of rotatable bonds is 5. The van der Waals surface area contributed by atoms with Crippen molar-refractivity contribution in [1.29, 1.82) is 0 Å². The summed E-state index contributed by atoms with van der Waals surface area (Å²) in [5, 5.41) is 10.4. The Morgan fingerprint density at radius 1 is 1.00 bits per heavy atom. The third-order valence-electron chi connectivity index (χ3n) is 3.60. The molecule has 25 heavy (non-hydrogen) atoms. The first-order chi connectivity index (χ1) is 12.1. The second kappa shape index (κ2) is 6.83. The number of nitrogen functional groups attached to an aromatic ring is 1. The largest absolute Gasteiger partial charge is 0.382 e. The van der Waals surface area contributed by atoms with E-state index in [1.54, 1.807) is 42.5 Å². The van der Waals surface area contributed by atoms with Crippen molar-refractivity contribution in [1.82, 2.24) is 20.3 Å². The number of para-hydroxylation sites is 1. The Hall–Kier alpha value is -3.68. The predicted molar refractivity (Wildman–Crippen MR) is 91.6 cm³/mol. The van der Waals surface area contributed by atoms with Crippen LogP contribution in [-0.2, 0) is 4.79 Å². The number of benzene rings is 2. The molecule has 0 saturated heterocycles. The molecular formula is C17H16N6O2. The van der Waals surface area contributed by atoms with Gasteiger partial charge in [0.15, 0.2) is 11.9 Å². The van der Waals surface area contributed by atoms with Crippen molar-refractivity contribution < 1.29 is 9.59 Å². The van der Waals surface area contributed by atoms with Gasteiger partial charge in [0, 0.05) is 5.56 Å². The zero-order valence-electron chi connectivity index (χ0n) is 13.2. The van der Waals surface area contributed by atoms with Crippen LogP contribution in [0.4, 0.5) is 5.82 Å². The van der Waals surface area contributed by atoms with E-state index in [1.807, 2.05) is 18.2 Å². The van der Waals surface area contributed by atoms with Gasteiger partial charge in [-0.25, -0.2) is 0 Å². The molecule has 3 rings (SSSR count). The first kappa shape index (κ1) is 16.2. The number of aromatic nitrogens is 3. The third-order valence-corrected chi connectivity index (χ3v) is 3.60. The molecule has 0 bridgehead atoms. The second-order valence-corrected chi connectivity index (χ2v) is 5.28. The maximum absolute atomic E-state index is 12.3. The Morgan fingerprint density at radius 2 is 1.60 bits per heavy atom. The molecule has 5 N–H and O–H groups in total. The molecule has 126 valence electrons. The molecule has 1 atom stereocenters. The van der Waals surface area contributed by atoms with Crippen LogP contribution >= 0.6 is 0 Å². The quantitative estimate of drug-likeness (QED) is 0.635. The van der Waals surface area contributed by atoms with Crippen molar-refractivity contribution in [2.75, 3.05) is 5.73 Å². The van der Waals surface area contributed by atoms with Gasteiger partial charge in [0.2, 0.25) is 5.91 Å². The lowest BCUT2D eigenvalue weighted by atomic mass is 10.1. The molecule has 0 fully saturated rings. The van der Waals surface area contributed by atoms with Gasteiger partial charge < -0.3 is 16.8 Å². The van der Waals surface area contributed by atoms with Gasteiger partial charge in [-0.1, -0.05) is 41.6 Å². The predicted octanol–water partition coefficient (Wildman–Crippen LogP) is 0.806. The summed E-state index contributed by atoms with van der Waals surface area (Å²) in [5.41, 5.74) is 12.7. The van der Waals surface area contributed by atoms with E-state index in [0.717, 1.165) is 0 Å². The number of anilines is 1. The molecule has 8 nitrogen and oxygen atoms in total. The number of nitrogens with zero attached hydrogens (tertiary/aromatic N) is 3. The van der Waals surface area contributed by atoms with E-state index in [2.05, 4.69) is 15.6 Å². The van der Waals surface area contributed by atoms with E-state index >= 15 is 0 Å². The normalized spacial score (nSPS) is 11.7. The summed E-state index contributed by atoms with van der Waals surface area (Å²) in [4.78, 5) is 24.1. The van der Waals surface area contributed by atoms with Gasteiger partial charge >= 0.3 is 0 Å². The Balaban J connectivity index is 1.91. The highest BCUT2D eigenvalue weighted by Gasteiger charge is 2.27. The first-order valence-electron chi connectivity index (χ1n) is 7.49. The van der Waals surface area contributed by atoms with E-state index < -0.39 is 17.9 Å². The Kier molecular flexibility index (Phi) is 4.42. The minimum atomic E-state index is -1.19. The Bertz CT molecular complexity index is 892. The summed E-state index contributed by atoms with van der Waals surface area (Å²) in [6.07, 6.45) is 0. The highest BCUT2D eigenvalue weighted by Crippen LogP contribution is 2.21. The molecule has 8 heteroatoms. The van der Waals surface area contributed by atoms with Crippen LogP contribution in [0.3, 0.4) is 0 Å². The fraction of sp³-hybridized carbons (Fsp3) is 0.0588. The number of carbonyl (C=O) groups excluding carboxylic acids is 2. The number of hydrogen-bond donors (Lipinski definition) is 3. The molecule has 2 aromatic carbocycles. The lowest BCUT2D eigenvalue weighted by Crippen LogP contribution is -2.38. The molecule has 0 aliphatic rings. The molecule has 0 aliphatic carbocycles. The van der Waals surface area contributed by atoms with Crippen molar-refractivity contribution in [3.8, 4) is 5.69 Å². The summed E-state index contributed by atoms with van der Waals surface area (Å²) in [6, 6.07) is 16.3. The summed E-state index contributed by atoms with van der Waals surface area (Å²) in [6.45, 7) is 0. The summed E-state index contributed by atoms with van der Waals surface area (Å²) in [7, 11) is 0. The van der Waals surface area contributed by atoms with Crippen LogP contribution in [0.1, 0.15) is 22.1 Å². The standard InChI is InChI=1S/C17H16N6O2/c18-15-13(21-22-23(15)12-9-5-2-6-10-12)14(16(19)24)20-17(25)11-7-3-1-4-8-11/h1-10,14H,18H2,(H2,19,24)(H,20,25). The molecule has 1 aromatic heterocycles. The lowest BCUT2D eigenvalue weighted by Gasteiger charge is -2.14. The van der Waals surface area contributed by atoms with Crippen LogP contribution < -0.4 is 16.8 Å². The van der Waals surface area contributed by atoms with E-state index in [9.17, 15) is 9.59 Å². The Labute approximate surface area is 143 Å². The highest BCUT2D eigenvalue weighted by molar-refractivity contribution is 5.97. The molecule has 1 unspecified atom stereocenters. The van der Waals surface area contributed by atoms with E-state index in [-0.39, 0.29) is 11.5 Å². The molecule has 0 saturated carbocycles. The van der Waals surface area contributed by atoms with E-state index in [0.29, 0.717) is 11.3 Å². The lowest BCUT2D eigenvalue weighted by molar-refractivity contribution is -0.120. The maximum atomic E-state index is 12.3. The minimum absolute atomic E-state index is 0.0978. The number of amides is 2. The highest BCUT2D eigenvalue weighted by atomic mass is 16.2. The van der Waals surface area contributed by atoms with Crippen molar-refractivity contribution in [3.63, 3.8) is 0 Å². The van der Waals surface area contributed by atoms with Crippen LogP contribution in [0.5, 0.6) is 0 Å². The third kappa shape index (κ3) is 3.32.